The molecule has 1 atom stereocenters. The van der Waals surface area contributed by atoms with Crippen LogP contribution in [0, 0.1) is 10.1 Å². The first-order valence-corrected chi connectivity index (χ1v) is 4.56. The van der Waals surface area contributed by atoms with Crippen molar-refractivity contribution in [2.45, 2.75) is 19.4 Å². The van der Waals surface area contributed by atoms with Crippen LogP contribution >= 0.6 is 0 Å². The summed E-state index contributed by atoms with van der Waals surface area (Å²) in [5, 5.41) is 10.0. The van der Waals surface area contributed by atoms with Crippen LogP contribution in [0.5, 0.6) is 0 Å². The van der Waals surface area contributed by atoms with Crippen LogP contribution in [0.25, 0.3) is 0 Å². The van der Waals surface area contributed by atoms with Crippen LogP contribution in [0.1, 0.15) is 13.3 Å². The summed E-state index contributed by atoms with van der Waals surface area (Å²) in [5.41, 5.74) is 0. The Balaban J connectivity index is 4.22. The molecule has 0 rings (SSSR count). The third kappa shape index (κ3) is 4.68. The summed E-state index contributed by atoms with van der Waals surface area (Å²) < 4.78 is 28.5. The van der Waals surface area contributed by atoms with Crippen molar-refractivity contribution in [2.24, 2.45) is 0 Å². The molecule has 0 saturated heterocycles. The zero-order chi connectivity index (χ0) is 9.07. The molecular formula is C4H9NO5S. The fraction of sp³-hybridized carbons (Fsp3) is 1.00. The van der Waals surface area contributed by atoms with Gasteiger partial charge >= 0.3 is 0 Å². The predicted octanol–water partition coefficient (Wildman–Crippen LogP) is -0.0705. The molecule has 0 aromatic carbocycles. The molecule has 0 saturated carbocycles. The van der Waals surface area contributed by atoms with Gasteiger partial charge in [-0.3, -0.25) is 14.7 Å². The van der Waals surface area contributed by atoms with E-state index in [1.807, 2.05) is 0 Å². The van der Waals surface area contributed by atoms with Crippen molar-refractivity contribution in [1.29, 1.82) is 0 Å². The average molecular weight is 183 g/mol. The molecule has 0 radical (unpaired) electrons. The van der Waals surface area contributed by atoms with Gasteiger partial charge in [0, 0.05) is 11.3 Å². The minimum absolute atomic E-state index is 0.0901. The number of nitrogens with zero attached hydrogens (tertiary/aromatic N) is 1. The van der Waals surface area contributed by atoms with E-state index in [0.717, 1.165) is 0 Å². The highest BCUT2D eigenvalue weighted by atomic mass is 32.2. The number of rotatable bonds is 4. The second-order valence-corrected chi connectivity index (χ2v) is 3.59. The van der Waals surface area contributed by atoms with E-state index in [1.165, 1.54) is 6.92 Å². The fourth-order valence-corrected chi connectivity index (χ4v) is 1.41. The molecule has 0 bridgehead atoms. The van der Waals surface area contributed by atoms with E-state index in [0.29, 0.717) is 0 Å². The van der Waals surface area contributed by atoms with E-state index >= 15 is 0 Å². The van der Waals surface area contributed by atoms with E-state index in [-0.39, 0.29) is 6.42 Å². The quantitative estimate of drug-likeness (QED) is 0.373. The standard InChI is InChI=1S/C4H9NO5S/c1-2-4(5(6)7)3-11(8,9)10/h4H,2-3H2,1H3,(H,8,9,10)/t4-/m1/s1. The summed E-state index contributed by atoms with van der Waals surface area (Å²) in [6, 6.07) is -1.20. The Bertz CT molecular complexity index is 233. The predicted molar refractivity (Wildman–Crippen MR) is 37.5 cm³/mol. The van der Waals surface area contributed by atoms with Crippen molar-refractivity contribution < 1.29 is 17.9 Å². The maximum Gasteiger partial charge on any atom is 0.271 e. The molecule has 0 spiro atoms. The van der Waals surface area contributed by atoms with Gasteiger partial charge in [0.25, 0.3) is 10.1 Å². The zero-order valence-corrected chi connectivity index (χ0v) is 6.74. The maximum atomic E-state index is 10.2. The Morgan fingerprint density at radius 2 is 2.09 bits per heavy atom. The molecule has 1 N–H and O–H groups in total. The van der Waals surface area contributed by atoms with Gasteiger partial charge in [0.15, 0.2) is 0 Å². The van der Waals surface area contributed by atoms with E-state index in [1.54, 1.807) is 0 Å². The average Bonchev–Trinajstić information content (AvgIpc) is 1.80. The topological polar surface area (TPSA) is 97.5 Å². The lowest BCUT2D eigenvalue weighted by Crippen LogP contribution is -2.27. The fourth-order valence-electron chi connectivity index (χ4n) is 0.571. The van der Waals surface area contributed by atoms with E-state index < -0.39 is 26.8 Å². The van der Waals surface area contributed by atoms with Gasteiger partial charge in [0.05, 0.1) is 0 Å². The Hall–Kier alpha value is -0.690. The van der Waals surface area contributed by atoms with Gasteiger partial charge in [-0.05, 0) is 0 Å². The van der Waals surface area contributed by atoms with Crippen LogP contribution in [-0.4, -0.2) is 29.7 Å². The molecule has 0 fully saturated rings. The Morgan fingerprint density at radius 3 is 2.18 bits per heavy atom. The van der Waals surface area contributed by atoms with Crippen molar-refractivity contribution in [3.8, 4) is 0 Å². The van der Waals surface area contributed by atoms with E-state index in [4.69, 9.17) is 4.55 Å². The molecule has 7 heteroatoms. The van der Waals surface area contributed by atoms with Crippen LogP contribution < -0.4 is 0 Å². The number of hydrogen-bond acceptors (Lipinski definition) is 4. The molecule has 0 heterocycles. The largest absolute Gasteiger partial charge is 0.285 e. The van der Waals surface area contributed by atoms with Crippen LogP contribution in [-0.2, 0) is 10.1 Å². The van der Waals surface area contributed by atoms with Crippen molar-refractivity contribution in [3.63, 3.8) is 0 Å². The van der Waals surface area contributed by atoms with Gasteiger partial charge < -0.3 is 0 Å². The highest BCUT2D eigenvalue weighted by Gasteiger charge is 2.24. The third-order valence-electron chi connectivity index (χ3n) is 1.17. The highest BCUT2D eigenvalue weighted by Crippen LogP contribution is 1.99. The van der Waals surface area contributed by atoms with Crippen molar-refractivity contribution in [1.82, 2.24) is 0 Å². The molecule has 0 aromatic rings. The van der Waals surface area contributed by atoms with Gasteiger partial charge in [-0.2, -0.15) is 8.42 Å². The monoisotopic (exact) mass is 183 g/mol. The van der Waals surface area contributed by atoms with E-state index in [2.05, 4.69) is 0 Å². The van der Waals surface area contributed by atoms with Gasteiger partial charge in [-0.25, -0.2) is 0 Å². The lowest BCUT2D eigenvalue weighted by atomic mass is 10.3. The zero-order valence-electron chi connectivity index (χ0n) is 5.93. The van der Waals surface area contributed by atoms with Crippen LogP contribution in [0.2, 0.25) is 0 Å². The lowest BCUT2D eigenvalue weighted by Gasteiger charge is -2.02. The summed E-state index contributed by atoms with van der Waals surface area (Å²) in [6.07, 6.45) is 0.0901. The van der Waals surface area contributed by atoms with Gasteiger partial charge in [-0.1, -0.05) is 6.92 Å². The number of nitro groups is 1. The minimum Gasteiger partial charge on any atom is -0.285 e. The Labute approximate surface area is 64.1 Å². The first-order chi connectivity index (χ1) is 4.87. The van der Waals surface area contributed by atoms with Gasteiger partial charge in [0.2, 0.25) is 6.04 Å². The second-order valence-electron chi connectivity index (χ2n) is 2.10. The molecule has 66 valence electrons. The second kappa shape index (κ2) is 3.63. The van der Waals surface area contributed by atoms with Gasteiger partial charge in [0.1, 0.15) is 5.75 Å². The molecule has 0 aliphatic carbocycles. The summed E-state index contributed by atoms with van der Waals surface area (Å²) in [4.78, 5) is 9.32. The Kier molecular flexibility index (Phi) is 3.40. The molecule has 0 amide bonds. The molecule has 0 aliphatic heterocycles. The van der Waals surface area contributed by atoms with Crippen molar-refractivity contribution >= 4 is 10.1 Å². The van der Waals surface area contributed by atoms with Crippen molar-refractivity contribution in [3.05, 3.63) is 10.1 Å². The molecule has 0 unspecified atom stereocenters. The summed E-state index contributed by atoms with van der Waals surface area (Å²) in [5.74, 6) is -0.809. The third-order valence-corrected chi connectivity index (χ3v) is 1.98. The van der Waals surface area contributed by atoms with Crippen molar-refractivity contribution in [2.75, 3.05) is 5.75 Å². The first kappa shape index (κ1) is 10.3. The Morgan fingerprint density at radius 1 is 1.64 bits per heavy atom. The first-order valence-electron chi connectivity index (χ1n) is 2.95. The summed E-state index contributed by atoms with van der Waals surface area (Å²) >= 11 is 0. The van der Waals surface area contributed by atoms with E-state index in [9.17, 15) is 18.5 Å². The molecule has 0 aromatic heterocycles. The lowest BCUT2D eigenvalue weighted by molar-refractivity contribution is -0.517. The highest BCUT2D eigenvalue weighted by molar-refractivity contribution is 7.85. The SMILES string of the molecule is CC[C@H](CS(=O)(=O)O)[N+](=O)[O-]. The summed E-state index contributed by atoms with van der Waals surface area (Å²) in [7, 11) is -4.22. The van der Waals surface area contributed by atoms with Crippen LogP contribution in [0.4, 0.5) is 0 Å². The molecule has 0 aliphatic rings. The smallest absolute Gasteiger partial charge is 0.271 e. The molecule has 11 heavy (non-hydrogen) atoms. The molecule has 6 nitrogen and oxygen atoms in total. The van der Waals surface area contributed by atoms with Crippen LogP contribution in [0.3, 0.4) is 0 Å². The van der Waals surface area contributed by atoms with Gasteiger partial charge in [-0.15, -0.1) is 0 Å². The summed E-state index contributed by atoms with van der Waals surface area (Å²) in [6.45, 7) is 1.48. The van der Waals surface area contributed by atoms with Crippen LogP contribution in [0.15, 0.2) is 0 Å². The molecular weight excluding hydrogens is 174 g/mol. The number of hydrogen-bond donors (Lipinski definition) is 1. The maximum absolute atomic E-state index is 10.2. The normalized spacial score (nSPS) is 14.4. The minimum atomic E-state index is -4.22.